The standard InChI is InChI=1S/C26H32N4O/c1-3-19(2)27-24(31)16-18-30(17-15-20-9-5-4-6-10-20)26-22-11-7-8-12-23(22)28-25(29-26)21-13-14-21/h4-12,19,21H,3,13-18H2,1-2H3,(H,27,31)/t19-/m0/s1. The summed E-state index contributed by atoms with van der Waals surface area (Å²) in [4.78, 5) is 24.6. The lowest BCUT2D eigenvalue weighted by atomic mass is 10.1. The van der Waals surface area contributed by atoms with Crippen LogP contribution < -0.4 is 10.2 Å². The number of hydrogen-bond acceptors (Lipinski definition) is 4. The maximum absolute atomic E-state index is 12.5. The molecule has 0 bridgehead atoms. The molecule has 0 unspecified atom stereocenters. The molecule has 1 N–H and O–H groups in total. The van der Waals surface area contributed by atoms with E-state index in [1.54, 1.807) is 0 Å². The summed E-state index contributed by atoms with van der Waals surface area (Å²) in [6.07, 6.45) is 4.63. The van der Waals surface area contributed by atoms with Gasteiger partial charge in [-0.2, -0.15) is 0 Å². The lowest BCUT2D eigenvalue weighted by Crippen LogP contribution is -2.36. The van der Waals surface area contributed by atoms with Crippen molar-refractivity contribution in [2.75, 3.05) is 18.0 Å². The van der Waals surface area contributed by atoms with E-state index in [4.69, 9.17) is 9.97 Å². The topological polar surface area (TPSA) is 58.1 Å². The molecule has 3 aromatic rings. The van der Waals surface area contributed by atoms with Gasteiger partial charge in [-0.05, 0) is 50.3 Å². The zero-order chi connectivity index (χ0) is 21.6. The Balaban J connectivity index is 1.60. The highest BCUT2D eigenvalue weighted by atomic mass is 16.1. The summed E-state index contributed by atoms with van der Waals surface area (Å²) in [6.45, 7) is 5.58. The summed E-state index contributed by atoms with van der Waals surface area (Å²) in [6, 6.07) is 18.9. The fraction of sp³-hybridized carbons (Fsp3) is 0.423. The minimum atomic E-state index is 0.0971. The molecule has 2 aromatic carbocycles. The maximum Gasteiger partial charge on any atom is 0.221 e. The summed E-state index contributed by atoms with van der Waals surface area (Å²) in [5, 5.41) is 4.15. The molecular weight excluding hydrogens is 384 g/mol. The van der Waals surface area contributed by atoms with E-state index < -0.39 is 0 Å². The number of fused-ring (bicyclic) bond motifs is 1. The van der Waals surface area contributed by atoms with Crippen LogP contribution in [0, 0.1) is 0 Å². The number of aromatic nitrogens is 2. The zero-order valence-electron chi connectivity index (χ0n) is 18.6. The summed E-state index contributed by atoms with van der Waals surface area (Å²) >= 11 is 0. The molecule has 1 fully saturated rings. The third kappa shape index (κ3) is 5.60. The molecule has 5 nitrogen and oxygen atoms in total. The van der Waals surface area contributed by atoms with Crippen molar-refractivity contribution < 1.29 is 4.79 Å². The number of benzene rings is 2. The third-order valence-corrected chi connectivity index (χ3v) is 5.98. The van der Waals surface area contributed by atoms with Crippen molar-refractivity contribution in [1.82, 2.24) is 15.3 Å². The SMILES string of the molecule is CC[C@H](C)NC(=O)CCN(CCc1ccccc1)c1nc(C2CC2)nc2ccccc12. The largest absolute Gasteiger partial charge is 0.355 e. The summed E-state index contributed by atoms with van der Waals surface area (Å²) in [5.41, 5.74) is 2.28. The van der Waals surface area contributed by atoms with Gasteiger partial charge in [0.05, 0.1) is 5.52 Å². The fourth-order valence-electron chi connectivity index (χ4n) is 3.76. The second-order valence-corrected chi connectivity index (χ2v) is 8.55. The predicted octanol–water partition coefficient (Wildman–Crippen LogP) is 4.86. The van der Waals surface area contributed by atoms with Gasteiger partial charge in [0.2, 0.25) is 5.91 Å². The van der Waals surface area contributed by atoms with Crippen LogP contribution in [-0.2, 0) is 11.2 Å². The molecule has 1 aliphatic carbocycles. The van der Waals surface area contributed by atoms with Crippen LogP contribution in [0.2, 0.25) is 0 Å². The number of anilines is 1. The van der Waals surface area contributed by atoms with Crippen molar-refractivity contribution in [3.63, 3.8) is 0 Å². The highest BCUT2D eigenvalue weighted by Crippen LogP contribution is 2.39. The van der Waals surface area contributed by atoms with Crippen molar-refractivity contribution in [3.8, 4) is 0 Å². The van der Waals surface area contributed by atoms with Gasteiger partial charge in [0.25, 0.3) is 0 Å². The number of rotatable bonds is 10. The Morgan fingerprint density at radius 3 is 2.55 bits per heavy atom. The molecule has 162 valence electrons. The Kier molecular flexibility index (Phi) is 6.80. The minimum absolute atomic E-state index is 0.0971. The van der Waals surface area contributed by atoms with Crippen molar-refractivity contribution in [1.29, 1.82) is 0 Å². The number of carbonyl (C=O) groups is 1. The first kappa shape index (κ1) is 21.3. The van der Waals surface area contributed by atoms with Gasteiger partial charge in [-0.25, -0.2) is 9.97 Å². The first-order valence-corrected chi connectivity index (χ1v) is 11.5. The van der Waals surface area contributed by atoms with Crippen LogP contribution in [0.4, 0.5) is 5.82 Å². The molecule has 1 aliphatic rings. The van der Waals surface area contributed by atoms with E-state index >= 15 is 0 Å². The van der Waals surface area contributed by atoms with Crippen molar-refractivity contribution in [2.45, 2.75) is 57.9 Å². The molecule has 1 saturated carbocycles. The van der Waals surface area contributed by atoms with E-state index in [9.17, 15) is 4.79 Å². The van der Waals surface area contributed by atoms with Gasteiger partial charge >= 0.3 is 0 Å². The van der Waals surface area contributed by atoms with Crippen LogP contribution in [0.1, 0.15) is 56.8 Å². The number of carbonyl (C=O) groups excluding carboxylic acids is 1. The molecule has 5 heteroatoms. The van der Waals surface area contributed by atoms with E-state index in [0.29, 0.717) is 18.9 Å². The van der Waals surface area contributed by atoms with E-state index in [2.05, 4.69) is 53.5 Å². The average Bonchev–Trinajstić information content (AvgIpc) is 3.65. The molecule has 0 aliphatic heterocycles. The Morgan fingerprint density at radius 1 is 1.06 bits per heavy atom. The van der Waals surface area contributed by atoms with Crippen molar-refractivity contribution >= 4 is 22.6 Å². The van der Waals surface area contributed by atoms with Crippen LogP contribution in [-0.4, -0.2) is 35.0 Å². The van der Waals surface area contributed by atoms with E-state index in [0.717, 1.165) is 41.9 Å². The number of hydrogen-bond donors (Lipinski definition) is 1. The van der Waals surface area contributed by atoms with E-state index in [1.807, 2.05) is 25.1 Å². The Morgan fingerprint density at radius 2 is 1.81 bits per heavy atom. The fourth-order valence-corrected chi connectivity index (χ4v) is 3.76. The molecule has 1 atom stereocenters. The van der Waals surface area contributed by atoms with E-state index in [-0.39, 0.29) is 11.9 Å². The number of nitrogens with zero attached hydrogens (tertiary/aromatic N) is 3. The molecule has 1 aromatic heterocycles. The lowest BCUT2D eigenvalue weighted by molar-refractivity contribution is -0.121. The van der Waals surface area contributed by atoms with Crippen LogP contribution in [0.3, 0.4) is 0 Å². The second-order valence-electron chi connectivity index (χ2n) is 8.55. The molecule has 0 radical (unpaired) electrons. The van der Waals surface area contributed by atoms with Crippen LogP contribution in [0.5, 0.6) is 0 Å². The molecule has 0 spiro atoms. The van der Waals surface area contributed by atoms with Crippen LogP contribution in [0.25, 0.3) is 10.9 Å². The van der Waals surface area contributed by atoms with Gasteiger partial charge < -0.3 is 10.2 Å². The first-order chi connectivity index (χ1) is 15.1. The van der Waals surface area contributed by atoms with Crippen molar-refractivity contribution in [3.05, 3.63) is 66.0 Å². The Labute approximate surface area is 184 Å². The quantitative estimate of drug-likeness (QED) is 0.513. The Hall–Kier alpha value is -2.95. The van der Waals surface area contributed by atoms with Gasteiger partial charge in [0.15, 0.2) is 0 Å². The minimum Gasteiger partial charge on any atom is -0.355 e. The van der Waals surface area contributed by atoms with Gasteiger partial charge in [-0.3, -0.25) is 4.79 Å². The van der Waals surface area contributed by atoms with Crippen molar-refractivity contribution in [2.24, 2.45) is 0 Å². The zero-order valence-corrected chi connectivity index (χ0v) is 18.6. The van der Waals surface area contributed by atoms with Crippen LogP contribution >= 0.6 is 0 Å². The van der Waals surface area contributed by atoms with Gasteiger partial charge in [-0.1, -0.05) is 49.4 Å². The summed E-state index contributed by atoms with van der Waals surface area (Å²) in [5.74, 6) is 2.48. The normalized spacial score (nSPS) is 14.4. The Bertz CT molecular complexity index is 1020. The smallest absolute Gasteiger partial charge is 0.221 e. The predicted molar refractivity (Wildman–Crippen MR) is 126 cm³/mol. The molecule has 4 rings (SSSR count). The molecule has 0 saturated heterocycles. The van der Waals surface area contributed by atoms with E-state index in [1.165, 1.54) is 18.4 Å². The molecular formula is C26H32N4O. The first-order valence-electron chi connectivity index (χ1n) is 11.5. The van der Waals surface area contributed by atoms with Gasteiger partial charge in [0.1, 0.15) is 11.6 Å². The number of amides is 1. The second kappa shape index (κ2) is 9.90. The highest BCUT2D eigenvalue weighted by molar-refractivity contribution is 5.90. The monoisotopic (exact) mass is 416 g/mol. The summed E-state index contributed by atoms with van der Waals surface area (Å²) in [7, 11) is 0. The third-order valence-electron chi connectivity index (χ3n) is 5.98. The number of para-hydroxylation sites is 1. The van der Waals surface area contributed by atoms with Gasteiger partial charge in [-0.15, -0.1) is 0 Å². The average molecular weight is 417 g/mol. The maximum atomic E-state index is 12.5. The molecule has 1 heterocycles. The lowest BCUT2D eigenvalue weighted by Gasteiger charge is -2.26. The molecule has 1 amide bonds. The molecule has 31 heavy (non-hydrogen) atoms. The highest BCUT2D eigenvalue weighted by Gasteiger charge is 2.28. The number of nitrogens with one attached hydrogen (secondary N) is 1. The van der Waals surface area contributed by atoms with Crippen LogP contribution in [0.15, 0.2) is 54.6 Å². The van der Waals surface area contributed by atoms with Gasteiger partial charge in [0, 0.05) is 36.9 Å². The summed E-state index contributed by atoms with van der Waals surface area (Å²) < 4.78 is 0.